The lowest BCUT2D eigenvalue weighted by Crippen LogP contribution is -2.31. The van der Waals surface area contributed by atoms with E-state index in [1.54, 1.807) is 0 Å². The number of rotatable bonds is 11. The van der Waals surface area contributed by atoms with Crippen molar-refractivity contribution >= 4 is 11.6 Å². The molecule has 0 bridgehead atoms. The summed E-state index contributed by atoms with van der Waals surface area (Å²) in [6, 6.07) is 0. The molecule has 0 amide bonds. The molecule has 0 aliphatic carbocycles. The minimum atomic E-state index is -2.95. The number of halogens is 4. The average molecular weight is 353 g/mol. The minimum Gasteiger partial charge on any atom is -0.245 e. The lowest BCUT2D eigenvalue weighted by atomic mass is 9.88. The first-order chi connectivity index (χ1) is 10.9. The zero-order valence-electron chi connectivity index (χ0n) is 14.3. The predicted octanol–water partition coefficient (Wildman–Crippen LogP) is 6.88. The number of alkyl halides is 2. The van der Waals surface area contributed by atoms with Gasteiger partial charge in [0.25, 0.3) is 6.43 Å². The average Bonchev–Trinajstić information content (AvgIpc) is 2.80. The van der Waals surface area contributed by atoms with Gasteiger partial charge in [-0.15, -0.1) is 5.10 Å². The maximum Gasteiger partial charge on any atom is 0.271 e. The quantitative estimate of drug-likeness (QED) is 0.397. The van der Waals surface area contributed by atoms with Crippen molar-refractivity contribution in [1.29, 1.82) is 0 Å². The third-order valence-corrected chi connectivity index (χ3v) is 4.80. The van der Waals surface area contributed by atoms with Crippen molar-refractivity contribution in [3.05, 3.63) is 16.7 Å². The van der Waals surface area contributed by atoms with Crippen LogP contribution in [-0.2, 0) is 5.54 Å². The summed E-state index contributed by atoms with van der Waals surface area (Å²) < 4.78 is 41.0. The van der Waals surface area contributed by atoms with E-state index in [0.717, 1.165) is 44.9 Å². The van der Waals surface area contributed by atoms with E-state index in [-0.39, 0.29) is 5.15 Å². The van der Waals surface area contributed by atoms with Gasteiger partial charge in [0.05, 0.1) is 5.54 Å². The highest BCUT2D eigenvalue weighted by atomic mass is 35.5. The highest BCUT2D eigenvalue weighted by Gasteiger charge is 2.33. The molecule has 6 heteroatoms. The highest BCUT2D eigenvalue weighted by molar-refractivity contribution is 6.30. The summed E-state index contributed by atoms with van der Waals surface area (Å²) in [6.45, 7) is 6.16. The molecule has 1 aromatic heterocycles. The summed E-state index contributed by atoms with van der Waals surface area (Å²) in [4.78, 5) is 0. The van der Waals surface area contributed by atoms with Crippen molar-refractivity contribution in [3.8, 4) is 0 Å². The standard InChI is InChI=1S/C17H28ClF3N2/c1-4-6-8-9-10-12-17(3,11-7-5-2)23-14(18)13(15(19)20)16(21)22-23/h15H,4-12H2,1-3H3. The Labute approximate surface area is 142 Å². The summed E-state index contributed by atoms with van der Waals surface area (Å²) in [7, 11) is 0. The van der Waals surface area contributed by atoms with Crippen LogP contribution in [0.3, 0.4) is 0 Å². The number of hydrogen-bond donors (Lipinski definition) is 0. The first kappa shape index (κ1) is 20.3. The van der Waals surface area contributed by atoms with Gasteiger partial charge in [0, 0.05) is 0 Å². The van der Waals surface area contributed by atoms with E-state index in [0.29, 0.717) is 0 Å². The van der Waals surface area contributed by atoms with Crippen LogP contribution >= 0.6 is 11.6 Å². The monoisotopic (exact) mass is 352 g/mol. The molecule has 1 unspecified atom stereocenters. The minimum absolute atomic E-state index is 0.260. The van der Waals surface area contributed by atoms with Crippen LogP contribution in [0.15, 0.2) is 0 Å². The molecule has 0 aliphatic rings. The van der Waals surface area contributed by atoms with Gasteiger partial charge in [0.2, 0.25) is 5.95 Å². The van der Waals surface area contributed by atoms with E-state index >= 15 is 0 Å². The molecule has 1 heterocycles. The fraction of sp³-hybridized carbons (Fsp3) is 0.824. The third-order valence-electron chi connectivity index (χ3n) is 4.44. The molecule has 0 N–H and O–H groups in total. The zero-order chi connectivity index (χ0) is 17.5. The van der Waals surface area contributed by atoms with E-state index < -0.39 is 23.5 Å². The molecular formula is C17H28ClF3N2. The molecule has 1 rings (SSSR count). The number of nitrogens with zero attached hydrogens (tertiary/aromatic N) is 2. The van der Waals surface area contributed by atoms with Crippen LogP contribution in [0.2, 0.25) is 5.15 Å². The second-order valence-corrected chi connectivity index (χ2v) is 6.83. The van der Waals surface area contributed by atoms with Gasteiger partial charge < -0.3 is 0 Å². The van der Waals surface area contributed by atoms with Crippen molar-refractivity contribution in [3.63, 3.8) is 0 Å². The normalized spacial score (nSPS) is 14.4. The SMILES string of the molecule is CCCCCCCC(C)(CCCC)n1nc(F)c(C(F)F)c1Cl. The molecule has 0 fully saturated rings. The van der Waals surface area contributed by atoms with Gasteiger partial charge in [-0.2, -0.15) is 4.39 Å². The fourth-order valence-corrected chi connectivity index (χ4v) is 3.33. The van der Waals surface area contributed by atoms with Crippen LogP contribution in [0.1, 0.15) is 90.5 Å². The van der Waals surface area contributed by atoms with Crippen LogP contribution < -0.4 is 0 Å². The van der Waals surface area contributed by atoms with Gasteiger partial charge in [-0.1, -0.05) is 70.4 Å². The highest BCUT2D eigenvalue weighted by Crippen LogP contribution is 2.37. The second-order valence-electron chi connectivity index (χ2n) is 6.47. The van der Waals surface area contributed by atoms with Crippen LogP contribution in [0, 0.1) is 5.95 Å². The van der Waals surface area contributed by atoms with Gasteiger partial charge in [-0.05, 0) is 19.8 Å². The first-order valence-corrected chi connectivity index (χ1v) is 8.97. The molecule has 23 heavy (non-hydrogen) atoms. The van der Waals surface area contributed by atoms with Crippen molar-refractivity contribution in [2.24, 2.45) is 0 Å². The summed E-state index contributed by atoms with van der Waals surface area (Å²) >= 11 is 6.03. The summed E-state index contributed by atoms with van der Waals surface area (Å²) in [6.07, 6.45) is 6.03. The maximum absolute atomic E-state index is 13.8. The van der Waals surface area contributed by atoms with Gasteiger partial charge in [-0.3, -0.25) is 0 Å². The van der Waals surface area contributed by atoms with Gasteiger partial charge >= 0.3 is 0 Å². The number of aromatic nitrogens is 2. The number of hydrogen-bond acceptors (Lipinski definition) is 1. The Morgan fingerprint density at radius 2 is 1.61 bits per heavy atom. The van der Waals surface area contributed by atoms with Gasteiger partial charge in [0.15, 0.2) is 0 Å². The topological polar surface area (TPSA) is 17.8 Å². The Morgan fingerprint density at radius 3 is 2.13 bits per heavy atom. The van der Waals surface area contributed by atoms with Crippen molar-refractivity contribution in [1.82, 2.24) is 9.78 Å². The molecule has 0 aliphatic heterocycles. The van der Waals surface area contributed by atoms with Crippen LogP contribution in [0.4, 0.5) is 13.2 Å². The molecule has 0 spiro atoms. The van der Waals surface area contributed by atoms with Crippen LogP contribution in [0.25, 0.3) is 0 Å². The molecule has 0 aromatic carbocycles. The molecule has 2 nitrogen and oxygen atoms in total. The molecule has 1 atom stereocenters. The fourth-order valence-electron chi connectivity index (χ4n) is 2.93. The summed E-state index contributed by atoms with van der Waals surface area (Å²) in [5.41, 5.74) is -1.30. The van der Waals surface area contributed by atoms with E-state index in [9.17, 15) is 13.2 Å². The Hall–Kier alpha value is -0.710. The summed E-state index contributed by atoms with van der Waals surface area (Å²) in [5.74, 6) is -1.15. The van der Waals surface area contributed by atoms with Gasteiger partial charge in [-0.25, -0.2) is 13.5 Å². The van der Waals surface area contributed by atoms with Crippen molar-refractivity contribution in [2.75, 3.05) is 0 Å². The Balaban J connectivity index is 2.94. The van der Waals surface area contributed by atoms with Gasteiger partial charge in [0.1, 0.15) is 10.7 Å². The largest absolute Gasteiger partial charge is 0.271 e. The Kier molecular flexibility index (Phi) is 8.45. The second kappa shape index (κ2) is 9.55. The third kappa shape index (κ3) is 5.40. The predicted molar refractivity (Wildman–Crippen MR) is 88.7 cm³/mol. The smallest absolute Gasteiger partial charge is 0.245 e. The van der Waals surface area contributed by atoms with E-state index in [1.165, 1.54) is 17.5 Å². The van der Waals surface area contributed by atoms with Crippen LogP contribution in [-0.4, -0.2) is 9.78 Å². The molecule has 0 radical (unpaired) electrons. The first-order valence-electron chi connectivity index (χ1n) is 8.60. The molecule has 134 valence electrons. The van der Waals surface area contributed by atoms with E-state index in [4.69, 9.17) is 11.6 Å². The van der Waals surface area contributed by atoms with E-state index in [1.807, 2.05) is 6.92 Å². The van der Waals surface area contributed by atoms with Crippen LogP contribution in [0.5, 0.6) is 0 Å². The van der Waals surface area contributed by atoms with Crippen molar-refractivity contribution in [2.45, 2.75) is 90.5 Å². The molecule has 0 saturated heterocycles. The zero-order valence-corrected chi connectivity index (χ0v) is 15.1. The Morgan fingerprint density at radius 1 is 1.04 bits per heavy atom. The van der Waals surface area contributed by atoms with Crippen molar-refractivity contribution < 1.29 is 13.2 Å². The summed E-state index contributed by atoms with van der Waals surface area (Å²) in [5, 5.41) is 3.45. The number of unbranched alkanes of at least 4 members (excludes halogenated alkanes) is 5. The maximum atomic E-state index is 13.8. The van der Waals surface area contributed by atoms with E-state index in [2.05, 4.69) is 18.9 Å². The molecule has 1 aromatic rings. The molecular weight excluding hydrogens is 325 g/mol. The lowest BCUT2D eigenvalue weighted by Gasteiger charge is -2.31. The lowest BCUT2D eigenvalue weighted by molar-refractivity contribution is 0.146. The molecule has 0 saturated carbocycles. The Bertz CT molecular complexity index is 477.